The Morgan fingerprint density at radius 2 is 2.18 bits per heavy atom. The van der Waals surface area contributed by atoms with Gasteiger partial charge in [0.25, 0.3) is 0 Å². The summed E-state index contributed by atoms with van der Waals surface area (Å²) in [5, 5.41) is 8.71. The first-order valence-corrected chi connectivity index (χ1v) is 5.73. The van der Waals surface area contributed by atoms with Gasteiger partial charge in [0.15, 0.2) is 0 Å². The molecule has 2 N–H and O–H groups in total. The second kappa shape index (κ2) is 4.98. The predicted octanol–water partition coefficient (Wildman–Crippen LogP) is 1.01. The van der Waals surface area contributed by atoms with Gasteiger partial charge >= 0.3 is 0 Å². The van der Waals surface area contributed by atoms with E-state index in [0.29, 0.717) is 5.56 Å². The van der Waals surface area contributed by atoms with Gasteiger partial charge in [-0.3, -0.25) is 9.69 Å². The van der Waals surface area contributed by atoms with Gasteiger partial charge in [-0.05, 0) is 37.1 Å². The van der Waals surface area contributed by atoms with Crippen LogP contribution in [-0.2, 0) is 11.3 Å². The van der Waals surface area contributed by atoms with Crippen LogP contribution in [-0.4, -0.2) is 23.4 Å². The third-order valence-electron chi connectivity index (χ3n) is 3.16. The normalized spacial score (nSPS) is 20.1. The maximum absolute atomic E-state index is 11.2. The molecule has 0 aliphatic carbocycles. The molecule has 0 saturated carbocycles. The van der Waals surface area contributed by atoms with Crippen molar-refractivity contribution < 1.29 is 4.79 Å². The number of nitrogens with zero attached hydrogens (tertiary/aromatic N) is 2. The van der Waals surface area contributed by atoms with Crippen molar-refractivity contribution in [2.24, 2.45) is 5.73 Å². The lowest BCUT2D eigenvalue weighted by molar-refractivity contribution is -0.122. The van der Waals surface area contributed by atoms with Gasteiger partial charge in [0.2, 0.25) is 5.91 Å². The van der Waals surface area contributed by atoms with Crippen LogP contribution in [0, 0.1) is 11.3 Å². The Kier molecular flexibility index (Phi) is 3.40. The quantitative estimate of drug-likeness (QED) is 0.840. The first-order chi connectivity index (χ1) is 8.20. The topological polar surface area (TPSA) is 70.1 Å². The molecule has 4 nitrogen and oxygen atoms in total. The summed E-state index contributed by atoms with van der Waals surface area (Å²) in [6.45, 7) is 1.63. The number of hydrogen-bond donors (Lipinski definition) is 1. The molecule has 1 saturated heterocycles. The molecular weight excluding hydrogens is 214 g/mol. The molecule has 1 fully saturated rings. The van der Waals surface area contributed by atoms with E-state index < -0.39 is 0 Å². The highest BCUT2D eigenvalue weighted by Crippen LogP contribution is 2.19. The number of nitrogens with two attached hydrogens (primary N) is 1. The highest BCUT2D eigenvalue weighted by Gasteiger charge is 2.28. The van der Waals surface area contributed by atoms with Gasteiger partial charge < -0.3 is 5.73 Å². The van der Waals surface area contributed by atoms with E-state index in [1.165, 1.54) is 0 Å². The summed E-state index contributed by atoms with van der Waals surface area (Å²) in [4.78, 5) is 13.3. The molecule has 88 valence electrons. The highest BCUT2D eigenvalue weighted by molar-refractivity contribution is 5.80. The number of carbonyl (C=O) groups excluding carboxylic acids is 1. The van der Waals surface area contributed by atoms with Crippen molar-refractivity contribution in [2.75, 3.05) is 6.54 Å². The second-order valence-corrected chi connectivity index (χ2v) is 4.34. The van der Waals surface area contributed by atoms with Gasteiger partial charge in [0.1, 0.15) is 0 Å². The number of amides is 1. The van der Waals surface area contributed by atoms with Gasteiger partial charge in [-0.25, -0.2) is 0 Å². The molecule has 1 aromatic carbocycles. The number of nitriles is 1. The van der Waals surface area contributed by atoms with Crippen LogP contribution in [0.2, 0.25) is 0 Å². The summed E-state index contributed by atoms with van der Waals surface area (Å²) in [5.41, 5.74) is 7.13. The van der Waals surface area contributed by atoms with E-state index >= 15 is 0 Å². The molecular formula is C13H15N3O. The zero-order valence-corrected chi connectivity index (χ0v) is 9.60. The Balaban J connectivity index is 2.05. The van der Waals surface area contributed by atoms with Gasteiger partial charge in [-0.15, -0.1) is 0 Å². The van der Waals surface area contributed by atoms with Crippen LogP contribution >= 0.6 is 0 Å². The molecule has 0 aromatic heterocycles. The fourth-order valence-corrected chi connectivity index (χ4v) is 2.26. The Labute approximate surface area is 101 Å². The van der Waals surface area contributed by atoms with E-state index in [4.69, 9.17) is 11.0 Å². The molecule has 1 aliphatic heterocycles. The number of carbonyl (C=O) groups is 1. The molecule has 0 bridgehead atoms. The zero-order valence-electron chi connectivity index (χ0n) is 9.60. The lowest BCUT2D eigenvalue weighted by Crippen LogP contribution is -2.39. The number of likely N-dealkylation sites (tertiary alicyclic amines) is 1. The average Bonchev–Trinajstić information content (AvgIpc) is 2.78. The minimum absolute atomic E-state index is 0.134. The summed E-state index contributed by atoms with van der Waals surface area (Å²) in [7, 11) is 0. The largest absolute Gasteiger partial charge is 0.368 e. The second-order valence-electron chi connectivity index (χ2n) is 4.34. The highest BCUT2D eigenvalue weighted by atomic mass is 16.1. The van der Waals surface area contributed by atoms with Gasteiger partial charge in [0, 0.05) is 6.54 Å². The van der Waals surface area contributed by atoms with Gasteiger partial charge in [-0.2, -0.15) is 5.26 Å². The van der Waals surface area contributed by atoms with E-state index in [1.807, 2.05) is 12.1 Å². The molecule has 1 heterocycles. The van der Waals surface area contributed by atoms with Crippen LogP contribution in [0.5, 0.6) is 0 Å². The first-order valence-electron chi connectivity index (χ1n) is 5.73. The molecule has 0 spiro atoms. The zero-order chi connectivity index (χ0) is 12.3. The number of hydrogen-bond acceptors (Lipinski definition) is 3. The molecule has 1 aliphatic rings. The molecule has 4 heteroatoms. The molecule has 1 amide bonds. The third-order valence-corrected chi connectivity index (χ3v) is 3.16. The van der Waals surface area contributed by atoms with Crippen molar-refractivity contribution in [3.05, 3.63) is 35.4 Å². The SMILES string of the molecule is N#Cc1ccc(CN2CCCC2C(N)=O)cc1. The summed E-state index contributed by atoms with van der Waals surface area (Å²) in [6, 6.07) is 9.40. The van der Waals surface area contributed by atoms with Crippen molar-refractivity contribution >= 4 is 5.91 Å². The van der Waals surface area contributed by atoms with E-state index in [1.54, 1.807) is 12.1 Å². The van der Waals surface area contributed by atoms with Crippen LogP contribution in [0.1, 0.15) is 24.0 Å². The van der Waals surface area contributed by atoms with Crippen molar-refractivity contribution in [1.29, 1.82) is 5.26 Å². The monoisotopic (exact) mass is 229 g/mol. The van der Waals surface area contributed by atoms with Crippen LogP contribution in [0.15, 0.2) is 24.3 Å². The lowest BCUT2D eigenvalue weighted by Gasteiger charge is -2.21. The molecule has 2 rings (SSSR count). The van der Waals surface area contributed by atoms with Crippen molar-refractivity contribution in [3.63, 3.8) is 0 Å². The van der Waals surface area contributed by atoms with Crippen molar-refractivity contribution in [2.45, 2.75) is 25.4 Å². The summed E-state index contributed by atoms with van der Waals surface area (Å²) in [5.74, 6) is -0.240. The summed E-state index contributed by atoms with van der Waals surface area (Å²) < 4.78 is 0. The molecule has 17 heavy (non-hydrogen) atoms. The standard InChI is InChI=1S/C13H15N3O/c14-8-10-3-5-11(6-4-10)9-16-7-1-2-12(16)13(15)17/h3-6,12H,1-2,7,9H2,(H2,15,17). The predicted molar refractivity (Wildman–Crippen MR) is 63.8 cm³/mol. The van der Waals surface area contributed by atoms with Gasteiger partial charge in [0.05, 0.1) is 17.7 Å². The van der Waals surface area contributed by atoms with E-state index in [0.717, 1.165) is 31.5 Å². The first kappa shape index (κ1) is 11.6. The fourth-order valence-electron chi connectivity index (χ4n) is 2.26. The van der Waals surface area contributed by atoms with Crippen LogP contribution in [0.3, 0.4) is 0 Å². The Bertz CT molecular complexity index is 447. The summed E-state index contributed by atoms with van der Waals surface area (Å²) >= 11 is 0. The number of rotatable bonds is 3. The van der Waals surface area contributed by atoms with E-state index in [9.17, 15) is 4.79 Å². The van der Waals surface area contributed by atoms with Crippen LogP contribution < -0.4 is 5.73 Å². The Morgan fingerprint density at radius 3 is 2.76 bits per heavy atom. The summed E-state index contributed by atoms with van der Waals surface area (Å²) in [6.07, 6.45) is 1.87. The Hall–Kier alpha value is -1.86. The average molecular weight is 229 g/mol. The maximum Gasteiger partial charge on any atom is 0.234 e. The number of primary amides is 1. The smallest absolute Gasteiger partial charge is 0.234 e. The van der Waals surface area contributed by atoms with Crippen molar-refractivity contribution in [3.8, 4) is 6.07 Å². The fraction of sp³-hybridized carbons (Fsp3) is 0.385. The number of benzene rings is 1. The minimum Gasteiger partial charge on any atom is -0.368 e. The molecule has 0 radical (unpaired) electrons. The lowest BCUT2D eigenvalue weighted by atomic mass is 10.1. The minimum atomic E-state index is -0.240. The third kappa shape index (κ3) is 2.63. The van der Waals surface area contributed by atoms with Crippen LogP contribution in [0.4, 0.5) is 0 Å². The Morgan fingerprint density at radius 1 is 1.47 bits per heavy atom. The van der Waals surface area contributed by atoms with Gasteiger partial charge in [-0.1, -0.05) is 12.1 Å². The molecule has 1 atom stereocenters. The van der Waals surface area contributed by atoms with Crippen LogP contribution in [0.25, 0.3) is 0 Å². The van der Waals surface area contributed by atoms with Crippen molar-refractivity contribution in [1.82, 2.24) is 4.90 Å². The van der Waals surface area contributed by atoms with E-state index in [2.05, 4.69) is 11.0 Å². The maximum atomic E-state index is 11.2. The molecule has 1 unspecified atom stereocenters. The molecule has 1 aromatic rings. The van der Waals surface area contributed by atoms with E-state index in [-0.39, 0.29) is 11.9 Å².